The lowest BCUT2D eigenvalue weighted by Crippen LogP contribution is -2.34. The van der Waals surface area contributed by atoms with Crippen molar-refractivity contribution in [2.45, 2.75) is 32.9 Å². The molecule has 0 aromatic rings. The molecule has 0 amide bonds. The number of hydrogen-bond donors (Lipinski definition) is 0. The summed E-state index contributed by atoms with van der Waals surface area (Å²) in [5, 5.41) is 0. The highest BCUT2D eigenvalue weighted by Crippen LogP contribution is 2.58. The lowest BCUT2D eigenvalue weighted by atomic mass is 9.75. The van der Waals surface area contributed by atoms with Crippen LogP contribution >= 0.6 is 0 Å². The second kappa shape index (κ2) is 2.64. The van der Waals surface area contributed by atoms with E-state index in [9.17, 15) is 13.2 Å². The van der Waals surface area contributed by atoms with Crippen LogP contribution in [0.15, 0.2) is 0 Å². The molecule has 5 atom stereocenters. The molecular weight excluding hydrogens is 177 g/mol. The third-order valence-corrected chi connectivity index (χ3v) is 4.32. The molecule has 0 spiro atoms. The van der Waals surface area contributed by atoms with Crippen molar-refractivity contribution in [2.75, 3.05) is 0 Å². The minimum atomic E-state index is -3.95. The van der Waals surface area contributed by atoms with Crippen molar-refractivity contribution in [3.8, 4) is 0 Å². The lowest BCUT2D eigenvalue weighted by Gasteiger charge is -2.32. The van der Waals surface area contributed by atoms with Crippen LogP contribution in [0.3, 0.4) is 0 Å². The van der Waals surface area contributed by atoms with Crippen molar-refractivity contribution in [3.05, 3.63) is 0 Å². The van der Waals surface area contributed by atoms with Crippen molar-refractivity contribution < 1.29 is 13.2 Å². The Morgan fingerprint density at radius 2 is 1.62 bits per heavy atom. The molecule has 2 bridgehead atoms. The van der Waals surface area contributed by atoms with Gasteiger partial charge in [0.25, 0.3) is 0 Å². The predicted octanol–water partition coefficient (Wildman–Crippen LogP) is 3.48. The van der Waals surface area contributed by atoms with Gasteiger partial charge in [-0.1, -0.05) is 13.8 Å². The molecule has 5 unspecified atom stereocenters. The Balaban J connectivity index is 2.15. The molecule has 0 aromatic heterocycles. The number of alkyl halides is 3. The van der Waals surface area contributed by atoms with E-state index in [-0.39, 0.29) is 11.8 Å². The van der Waals surface area contributed by atoms with Crippen LogP contribution in [0.2, 0.25) is 0 Å². The highest BCUT2D eigenvalue weighted by Gasteiger charge is 2.57. The van der Waals surface area contributed by atoms with Gasteiger partial charge in [-0.25, -0.2) is 0 Å². The molecule has 2 aliphatic rings. The van der Waals surface area contributed by atoms with Gasteiger partial charge in [0.2, 0.25) is 0 Å². The first-order chi connectivity index (χ1) is 5.91. The number of rotatable bonds is 0. The van der Waals surface area contributed by atoms with Gasteiger partial charge in [-0.2, -0.15) is 13.2 Å². The zero-order valence-electron chi connectivity index (χ0n) is 7.93. The van der Waals surface area contributed by atoms with Crippen LogP contribution in [0.25, 0.3) is 0 Å². The Morgan fingerprint density at radius 3 is 2.00 bits per heavy atom. The highest BCUT2D eigenvalue weighted by atomic mass is 19.4. The minimum Gasteiger partial charge on any atom is -0.171 e. The van der Waals surface area contributed by atoms with E-state index < -0.39 is 12.1 Å². The first-order valence-electron chi connectivity index (χ1n) is 4.98. The number of halogens is 3. The molecule has 0 aromatic carbocycles. The first-order valence-corrected chi connectivity index (χ1v) is 4.98. The van der Waals surface area contributed by atoms with Crippen molar-refractivity contribution in [3.63, 3.8) is 0 Å². The molecule has 3 heteroatoms. The fourth-order valence-corrected chi connectivity index (χ4v) is 3.32. The quantitative estimate of drug-likeness (QED) is 0.551. The summed E-state index contributed by atoms with van der Waals surface area (Å²) in [6, 6.07) is 0. The monoisotopic (exact) mass is 192 g/mol. The average molecular weight is 192 g/mol. The zero-order valence-corrected chi connectivity index (χ0v) is 7.93. The molecule has 2 rings (SSSR count). The number of hydrogen-bond acceptors (Lipinski definition) is 0. The summed E-state index contributed by atoms with van der Waals surface area (Å²) in [5.41, 5.74) is 0. The Labute approximate surface area is 76.5 Å². The van der Waals surface area contributed by atoms with E-state index >= 15 is 0 Å². The first kappa shape index (κ1) is 9.35. The van der Waals surface area contributed by atoms with E-state index in [1.165, 1.54) is 0 Å². The topological polar surface area (TPSA) is 0 Å². The predicted molar refractivity (Wildman–Crippen MR) is 44.1 cm³/mol. The summed E-state index contributed by atoms with van der Waals surface area (Å²) in [6.07, 6.45) is -2.75. The zero-order chi connectivity index (χ0) is 9.80. The molecule has 0 N–H and O–H groups in total. The maximum Gasteiger partial charge on any atom is 0.392 e. The summed E-state index contributed by atoms with van der Waals surface area (Å²) in [4.78, 5) is 0. The van der Waals surface area contributed by atoms with Crippen LogP contribution in [-0.2, 0) is 0 Å². The van der Waals surface area contributed by atoms with E-state index in [4.69, 9.17) is 0 Å². The van der Waals surface area contributed by atoms with Crippen molar-refractivity contribution >= 4 is 0 Å². The fraction of sp³-hybridized carbons (Fsp3) is 1.00. The molecule has 2 fully saturated rings. The van der Waals surface area contributed by atoms with Gasteiger partial charge >= 0.3 is 6.18 Å². The molecule has 2 aliphatic carbocycles. The van der Waals surface area contributed by atoms with E-state index in [0.29, 0.717) is 18.3 Å². The van der Waals surface area contributed by atoms with Crippen LogP contribution in [0, 0.1) is 29.6 Å². The lowest BCUT2D eigenvalue weighted by molar-refractivity contribution is -0.193. The molecule has 76 valence electrons. The molecule has 0 nitrogen and oxygen atoms in total. The second-order valence-corrected chi connectivity index (χ2v) is 4.76. The van der Waals surface area contributed by atoms with Gasteiger partial charge in [-0.3, -0.25) is 0 Å². The van der Waals surface area contributed by atoms with Crippen LogP contribution in [0.4, 0.5) is 13.2 Å². The van der Waals surface area contributed by atoms with Gasteiger partial charge in [-0.15, -0.1) is 0 Å². The van der Waals surface area contributed by atoms with E-state index in [0.717, 1.165) is 6.42 Å². The van der Waals surface area contributed by atoms with Crippen molar-refractivity contribution in [1.82, 2.24) is 0 Å². The smallest absolute Gasteiger partial charge is 0.171 e. The summed E-state index contributed by atoms with van der Waals surface area (Å²) in [7, 11) is 0. The van der Waals surface area contributed by atoms with Crippen LogP contribution in [0.5, 0.6) is 0 Å². The summed E-state index contributed by atoms with van der Waals surface area (Å²) in [6.45, 7) is 4.08. The van der Waals surface area contributed by atoms with Crippen LogP contribution < -0.4 is 0 Å². The molecule has 13 heavy (non-hydrogen) atoms. The average Bonchev–Trinajstić information content (AvgIpc) is 2.51. The van der Waals surface area contributed by atoms with Gasteiger partial charge in [0.1, 0.15) is 0 Å². The van der Waals surface area contributed by atoms with E-state index in [2.05, 4.69) is 6.92 Å². The molecule has 2 saturated carbocycles. The van der Waals surface area contributed by atoms with Gasteiger partial charge in [0.15, 0.2) is 0 Å². The van der Waals surface area contributed by atoms with Crippen molar-refractivity contribution in [2.24, 2.45) is 29.6 Å². The Kier molecular flexibility index (Phi) is 1.90. The Morgan fingerprint density at radius 1 is 1.00 bits per heavy atom. The molecule has 0 radical (unpaired) electrons. The highest BCUT2D eigenvalue weighted by molar-refractivity contribution is 4.99. The molecule has 0 heterocycles. The Hall–Kier alpha value is -0.210. The van der Waals surface area contributed by atoms with Gasteiger partial charge < -0.3 is 0 Å². The summed E-state index contributed by atoms with van der Waals surface area (Å²) >= 11 is 0. The molecule has 0 aliphatic heterocycles. The van der Waals surface area contributed by atoms with Gasteiger partial charge in [0.05, 0.1) is 5.92 Å². The standard InChI is InChI=1S/C10H15F3/c1-5-6(2)8-3-7(5)4-9(8)10(11,12)13/h5-9H,3-4H2,1-2H3. The minimum absolute atomic E-state index is 0.0833. The maximum absolute atomic E-state index is 12.5. The van der Waals surface area contributed by atoms with Gasteiger partial charge in [-0.05, 0) is 36.5 Å². The maximum atomic E-state index is 12.5. The fourth-order valence-electron chi connectivity index (χ4n) is 3.32. The third kappa shape index (κ3) is 1.27. The molecular formula is C10H15F3. The number of fused-ring (bicyclic) bond motifs is 2. The summed E-state index contributed by atoms with van der Waals surface area (Å²) in [5.74, 6) is 0.0318. The van der Waals surface area contributed by atoms with Crippen molar-refractivity contribution in [1.29, 1.82) is 0 Å². The van der Waals surface area contributed by atoms with E-state index in [1.54, 1.807) is 0 Å². The van der Waals surface area contributed by atoms with E-state index in [1.807, 2.05) is 6.92 Å². The van der Waals surface area contributed by atoms with Crippen LogP contribution in [-0.4, -0.2) is 6.18 Å². The van der Waals surface area contributed by atoms with Crippen LogP contribution in [0.1, 0.15) is 26.7 Å². The molecule has 0 saturated heterocycles. The largest absolute Gasteiger partial charge is 0.392 e. The SMILES string of the molecule is CC1C2CC(C1C)C(C(F)(F)F)C2. The van der Waals surface area contributed by atoms with Gasteiger partial charge in [0, 0.05) is 0 Å². The Bertz CT molecular complexity index is 207. The summed E-state index contributed by atoms with van der Waals surface area (Å²) < 4.78 is 37.6. The normalized spacial score (nSPS) is 50.1. The third-order valence-electron chi connectivity index (χ3n) is 4.32. The second-order valence-electron chi connectivity index (χ2n) is 4.76.